The van der Waals surface area contributed by atoms with Crippen molar-refractivity contribution in [3.8, 4) is 11.5 Å². The van der Waals surface area contributed by atoms with E-state index >= 15 is 0 Å². The number of hydrogen-bond acceptors (Lipinski definition) is 6. The van der Waals surface area contributed by atoms with Gasteiger partial charge in [-0.15, -0.1) is 10.2 Å². The van der Waals surface area contributed by atoms with Crippen molar-refractivity contribution in [2.75, 3.05) is 0 Å². The molecule has 0 N–H and O–H groups in total. The van der Waals surface area contributed by atoms with Crippen LogP contribution < -0.4 is 4.74 Å². The van der Waals surface area contributed by atoms with Crippen molar-refractivity contribution in [1.82, 2.24) is 10.2 Å². The molecule has 7 nitrogen and oxygen atoms in total. The van der Waals surface area contributed by atoms with Crippen molar-refractivity contribution >= 4 is 27.7 Å². The molecule has 0 spiro atoms. The summed E-state index contributed by atoms with van der Waals surface area (Å²) in [5.74, 6) is -0.970. The molecule has 0 bridgehead atoms. The zero-order chi connectivity index (χ0) is 22.8. The molecule has 3 aromatic rings. The van der Waals surface area contributed by atoms with E-state index in [0.29, 0.717) is 0 Å². The van der Waals surface area contributed by atoms with Crippen molar-refractivity contribution in [1.29, 1.82) is 0 Å². The molecular weight excluding hydrogens is 442 g/mol. The minimum absolute atomic E-state index is 0.00899. The van der Waals surface area contributed by atoms with E-state index in [0.717, 1.165) is 42.8 Å². The first-order valence-electron chi connectivity index (χ1n) is 8.28. The average Bonchev–Trinajstić information content (AvgIpc) is 3.20. The first-order chi connectivity index (χ1) is 14.5. The molecule has 0 aliphatic carbocycles. The van der Waals surface area contributed by atoms with E-state index in [1.807, 2.05) is 0 Å². The summed E-state index contributed by atoms with van der Waals surface area (Å²) in [4.78, 5) is 2.08. The number of nitrogens with zero attached hydrogens (tertiary/aromatic N) is 3. The molecule has 12 heteroatoms. The van der Waals surface area contributed by atoms with Crippen LogP contribution in [0.2, 0.25) is 0 Å². The lowest BCUT2D eigenvalue weighted by atomic mass is 10.1. The van der Waals surface area contributed by atoms with Crippen LogP contribution >= 0.6 is 0 Å². The third-order valence-electron chi connectivity index (χ3n) is 4.00. The molecule has 1 aromatic heterocycles. The van der Waals surface area contributed by atoms with Gasteiger partial charge in [-0.25, -0.2) is 17.7 Å². The molecular formula is C19H11F4N3O4S. The van der Waals surface area contributed by atoms with E-state index in [-0.39, 0.29) is 34.2 Å². The van der Waals surface area contributed by atoms with Crippen molar-refractivity contribution < 1.29 is 35.1 Å². The molecule has 1 heterocycles. The molecule has 0 saturated heterocycles. The predicted octanol–water partition coefficient (Wildman–Crippen LogP) is 5.32. The molecule has 31 heavy (non-hydrogen) atoms. The normalized spacial score (nSPS) is 12.1. The number of sulfone groups is 1. The molecule has 0 atom stereocenters. The molecule has 160 valence electrons. The van der Waals surface area contributed by atoms with Crippen LogP contribution in [0.15, 0.2) is 46.0 Å². The maximum Gasteiger partial charge on any atom is 0.501 e. The van der Waals surface area contributed by atoms with Crippen LogP contribution in [-0.4, -0.2) is 24.1 Å². The zero-order valence-corrected chi connectivity index (χ0v) is 16.3. The third-order valence-corrected chi connectivity index (χ3v) is 5.55. The Morgan fingerprint density at radius 3 is 2.55 bits per heavy atom. The topological polar surface area (TPSA) is 86.7 Å². The highest BCUT2D eigenvalue weighted by Gasteiger charge is 2.48. The Morgan fingerprint density at radius 1 is 1.19 bits per heavy atom. The summed E-state index contributed by atoms with van der Waals surface area (Å²) < 4.78 is 87.7. The van der Waals surface area contributed by atoms with Gasteiger partial charge in [-0.3, -0.25) is 0 Å². The van der Waals surface area contributed by atoms with Gasteiger partial charge in [0.2, 0.25) is 12.3 Å². The number of aromatic nitrogens is 2. The Kier molecular flexibility index (Phi) is 5.81. The SMILES string of the molecule is [C-]#[N+]c1cc(F)cc(Oc2ccc(S(=O)(=O)C(F)(F)F)c(/C=C/c3nnco3)c2C)c1. The summed E-state index contributed by atoms with van der Waals surface area (Å²) in [6, 6.07) is 4.92. The lowest BCUT2D eigenvalue weighted by molar-refractivity contribution is -0.0436. The van der Waals surface area contributed by atoms with Gasteiger partial charge in [0, 0.05) is 23.3 Å². The minimum atomic E-state index is -5.70. The van der Waals surface area contributed by atoms with Crippen molar-refractivity contribution in [2.24, 2.45) is 0 Å². The average molecular weight is 453 g/mol. The van der Waals surface area contributed by atoms with E-state index in [4.69, 9.17) is 15.7 Å². The number of benzene rings is 2. The smallest absolute Gasteiger partial charge is 0.458 e. The van der Waals surface area contributed by atoms with Gasteiger partial charge in [0.1, 0.15) is 17.3 Å². The highest BCUT2D eigenvalue weighted by molar-refractivity contribution is 7.92. The maximum absolute atomic E-state index is 13.7. The molecule has 0 unspecified atom stereocenters. The fourth-order valence-electron chi connectivity index (χ4n) is 2.57. The number of hydrogen-bond donors (Lipinski definition) is 0. The Hall–Kier alpha value is -3.72. The van der Waals surface area contributed by atoms with Gasteiger partial charge in [-0.2, -0.15) is 13.2 Å². The number of rotatable bonds is 5. The van der Waals surface area contributed by atoms with Crippen molar-refractivity contribution in [3.05, 3.63) is 71.0 Å². The van der Waals surface area contributed by atoms with E-state index in [2.05, 4.69) is 15.0 Å². The first-order valence-corrected chi connectivity index (χ1v) is 9.76. The summed E-state index contributed by atoms with van der Waals surface area (Å²) in [6.45, 7) is 8.30. The fraction of sp³-hybridized carbons (Fsp3) is 0.105. The molecule has 3 rings (SSSR count). The lowest BCUT2D eigenvalue weighted by Crippen LogP contribution is -2.24. The summed E-state index contributed by atoms with van der Waals surface area (Å²) >= 11 is 0. The molecule has 0 radical (unpaired) electrons. The fourth-order valence-corrected chi connectivity index (χ4v) is 3.57. The predicted molar refractivity (Wildman–Crippen MR) is 100 cm³/mol. The van der Waals surface area contributed by atoms with Crippen LogP contribution in [0.5, 0.6) is 11.5 Å². The highest BCUT2D eigenvalue weighted by Crippen LogP contribution is 2.38. The second kappa shape index (κ2) is 8.19. The van der Waals surface area contributed by atoms with Crippen molar-refractivity contribution in [2.45, 2.75) is 17.3 Å². The van der Waals surface area contributed by atoms with Gasteiger partial charge in [0.05, 0.1) is 11.5 Å². The maximum atomic E-state index is 13.7. The standard InChI is InChI=1S/C19H11F4N3O4S/c1-11-15(3-6-18-26-25-10-29-18)17(31(27,28)19(21,22)23)5-4-16(11)30-14-8-12(20)7-13(9-14)24-2/h3-10H,1H3/b6-3+. The van der Waals surface area contributed by atoms with Gasteiger partial charge in [0.25, 0.3) is 9.84 Å². The van der Waals surface area contributed by atoms with Gasteiger partial charge in [-0.1, -0.05) is 0 Å². The second-order valence-corrected chi connectivity index (χ2v) is 7.93. The number of alkyl halides is 3. The quantitative estimate of drug-likeness (QED) is 0.384. The molecule has 0 aliphatic rings. The Labute approximate surface area is 173 Å². The monoisotopic (exact) mass is 453 g/mol. The van der Waals surface area contributed by atoms with Crippen LogP contribution in [0.25, 0.3) is 17.0 Å². The lowest BCUT2D eigenvalue weighted by Gasteiger charge is -2.16. The van der Waals surface area contributed by atoms with E-state index < -0.39 is 26.1 Å². The van der Waals surface area contributed by atoms with E-state index in [1.54, 1.807) is 0 Å². The Morgan fingerprint density at radius 2 is 1.94 bits per heavy atom. The summed E-state index contributed by atoms with van der Waals surface area (Å²) in [5.41, 5.74) is -5.92. The summed E-state index contributed by atoms with van der Waals surface area (Å²) in [6.07, 6.45) is 3.18. The van der Waals surface area contributed by atoms with E-state index in [9.17, 15) is 26.0 Å². The molecule has 2 aromatic carbocycles. The second-order valence-electron chi connectivity index (χ2n) is 6.02. The van der Waals surface area contributed by atoms with E-state index in [1.165, 1.54) is 13.0 Å². The minimum Gasteiger partial charge on any atom is -0.458 e. The molecule has 0 amide bonds. The number of ether oxygens (including phenoxy) is 1. The first kappa shape index (κ1) is 22.0. The molecule has 0 saturated carbocycles. The van der Waals surface area contributed by atoms with Crippen LogP contribution in [0.1, 0.15) is 17.0 Å². The largest absolute Gasteiger partial charge is 0.501 e. The van der Waals surface area contributed by atoms with Gasteiger partial charge in [0.15, 0.2) is 5.69 Å². The summed E-state index contributed by atoms with van der Waals surface area (Å²) in [7, 11) is -5.70. The van der Waals surface area contributed by atoms with Crippen LogP contribution in [0.3, 0.4) is 0 Å². The van der Waals surface area contributed by atoms with Crippen molar-refractivity contribution in [3.63, 3.8) is 0 Å². The van der Waals surface area contributed by atoms with Crippen LogP contribution in [-0.2, 0) is 9.84 Å². The van der Waals surface area contributed by atoms with Crippen LogP contribution in [0.4, 0.5) is 23.2 Å². The van der Waals surface area contributed by atoms with Gasteiger partial charge < -0.3 is 9.15 Å². The molecule has 0 aliphatic heterocycles. The van der Waals surface area contributed by atoms with Gasteiger partial charge >= 0.3 is 5.51 Å². The highest BCUT2D eigenvalue weighted by atomic mass is 32.2. The Balaban J connectivity index is 2.15. The Bertz CT molecular complexity index is 1290. The third kappa shape index (κ3) is 4.56. The zero-order valence-electron chi connectivity index (χ0n) is 15.5. The van der Waals surface area contributed by atoms with Crippen LogP contribution in [0, 0.1) is 19.3 Å². The van der Waals surface area contributed by atoms with Gasteiger partial charge in [-0.05, 0) is 37.3 Å². The number of halogens is 4. The molecule has 0 fully saturated rings. The summed E-state index contributed by atoms with van der Waals surface area (Å²) in [5, 5.41) is 6.96.